The van der Waals surface area contributed by atoms with Crippen molar-refractivity contribution in [2.45, 2.75) is 39.0 Å². The number of hydrogen-bond donors (Lipinski definition) is 0. The Morgan fingerprint density at radius 1 is 1.26 bits per heavy atom. The minimum atomic E-state index is 0.118. The fraction of sp³-hybridized carbons (Fsp3) is 0.647. The molecule has 0 bridgehead atoms. The molecule has 106 valence electrons. The van der Waals surface area contributed by atoms with Gasteiger partial charge in [0, 0.05) is 13.2 Å². The predicted octanol–water partition coefficient (Wildman–Crippen LogP) is 4.84. The van der Waals surface area contributed by atoms with E-state index < -0.39 is 0 Å². The summed E-state index contributed by atoms with van der Waals surface area (Å²) in [6.07, 6.45) is 2.21. The Morgan fingerprint density at radius 2 is 1.95 bits per heavy atom. The van der Waals surface area contributed by atoms with E-state index in [4.69, 9.17) is 16.3 Å². The molecule has 1 heterocycles. The Labute approximate surface area is 122 Å². The molecule has 1 fully saturated rings. The first-order valence-corrected chi connectivity index (χ1v) is 7.82. The molecule has 2 heteroatoms. The van der Waals surface area contributed by atoms with E-state index in [2.05, 4.69) is 45.0 Å². The fourth-order valence-electron chi connectivity index (χ4n) is 2.89. The molecular weight excluding hydrogens is 256 g/mol. The van der Waals surface area contributed by atoms with Gasteiger partial charge in [-0.3, -0.25) is 0 Å². The number of hydrogen-bond acceptors (Lipinski definition) is 1. The summed E-state index contributed by atoms with van der Waals surface area (Å²) < 4.78 is 5.50. The molecule has 1 aliphatic rings. The molecule has 0 aliphatic carbocycles. The predicted molar refractivity (Wildman–Crippen MR) is 81.7 cm³/mol. The van der Waals surface area contributed by atoms with Gasteiger partial charge in [-0.15, -0.1) is 11.6 Å². The summed E-state index contributed by atoms with van der Waals surface area (Å²) in [5, 5.41) is 0.118. The maximum atomic E-state index is 6.68. The zero-order valence-corrected chi connectivity index (χ0v) is 13.0. The molecule has 0 saturated carbocycles. The van der Waals surface area contributed by atoms with Gasteiger partial charge >= 0.3 is 0 Å². The topological polar surface area (TPSA) is 9.23 Å². The van der Waals surface area contributed by atoms with E-state index >= 15 is 0 Å². The molecule has 0 radical (unpaired) electrons. The summed E-state index contributed by atoms with van der Waals surface area (Å²) >= 11 is 6.68. The van der Waals surface area contributed by atoms with Gasteiger partial charge in [-0.25, -0.2) is 0 Å². The van der Waals surface area contributed by atoms with Crippen molar-refractivity contribution in [3.8, 4) is 0 Å². The largest absolute Gasteiger partial charge is 0.381 e. The summed E-state index contributed by atoms with van der Waals surface area (Å²) in [7, 11) is 0. The quantitative estimate of drug-likeness (QED) is 0.717. The first kappa shape index (κ1) is 14.9. The monoisotopic (exact) mass is 280 g/mol. The standard InChI is InChI=1S/C17H25ClO/c1-12(2)10-14-4-6-15(7-5-14)17(18)16-8-9-19-11-13(16)3/h4-7,12-13,16-17H,8-11H2,1-3H3. The van der Waals surface area contributed by atoms with Crippen LogP contribution in [-0.4, -0.2) is 13.2 Å². The zero-order valence-electron chi connectivity index (χ0n) is 12.2. The Morgan fingerprint density at radius 3 is 2.53 bits per heavy atom. The lowest BCUT2D eigenvalue weighted by Gasteiger charge is -2.32. The Kier molecular flexibility index (Phi) is 5.29. The molecule has 1 aromatic carbocycles. The normalized spacial score (nSPS) is 25.5. The minimum Gasteiger partial charge on any atom is -0.381 e. The Balaban J connectivity index is 2.04. The van der Waals surface area contributed by atoms with Crippen LogP contribution in [0.15, 0.2) is 24.3 Å². The van der Waals surface area contributed by atoms with E-state index in [1.165, 1.54) is 11.1 Å². The Hall–Kier alpha value is -0.530. The van der Waals surface area contributed by atoms with Crippen LogP contribution in [0, 0.1) is 17.8 Å². The van der Waals surface area contributed by atoms with Gasteiger partial charge in [-0.2, -0.15) is 0 Å². The van der Waals surface area contributed by atoms with Crippen LogP contribution in [0.1, 0.15) is 43.7 Å². The molecular formula is C17H25ClO. The highest BCUT2D eigenvalue weighted by atomic mass is 35.5. The minimum absolute atomic E-state index is 0.118. The summed E-state index contributed by atoms with van der Waals surface area (Å²) in [5.41, 5.74) is 2.66. The maximum Gasteiger partial charge on any atom is 0.0617 e. The van der Waals surface area contributed by atoms with E-state index in [-0.39, 0.29) is 5.38 Å². The molecule has 1 aromatic rings. The van der Waals surface area contributed by atoms with Gasteiger partial charge in [-0.1, -0.05) is 45.0 Å². The lowest BCUT2D eigenvalue weighted by Crippen LogP contribution is -2.28. The molecule has 19 heavy (non-hydrogen) atoms. The van der Waals surface area contributed by atoms with Crippen molar-refractivity contribution in [2.75, 3.05) is 13.2 Å². The van der Waals surface area contributed by atoms with E-state index in [0.29, 0.717) is 17.8 Å². The van der Waals surface area contributed by atoms with Gasteiger partial charge in [-0.05, 0) is 41.7 Å². The van der Waals surface area contributed by atoms with E-state index in [9.17, 15) is 0 Å². The van der Waals surface area contributed by atoms with Gasteiger partial charge in [0.25, 0.3) is 0 Å². The molecule has 3 unspecified atom stereocenters. The first-order valence-electron chi connectivity index (χ1n) is 7.38. The average Bonchev–Trinajstić information content (AvgIpc) is 2.39. The molecule has 0 aromatic heterocycles. The molecule has 0 amide bonds. The second-order valence-corrected chi connectivity index (χ2v) is 6.72. The summed E-state index contributed by atoms with van der Waals surface area (Å²) in [6, 6.07) is 8.87. The van der Waals surface area contributed by atoms with Crippen molar-refractivity contribution in [1.82, 2.24) is 0 Å². The second kappa shape index (κ2) is 6.76. The van der Waals surface area contributed by atoms with Gasteiger partial charge < -0.3 is 4.74 Å². The van der Waals surface area contributed by atoms with E-state index in [0.717, 1.165) is 26.1 Å². The molecule has 1 aliphatic heterocycles. The summed E-state index contributed by atoms with van der Waals surface area (Å²) in [4.78, 5) is 0. The van der Waals surface area contributed by atoms with E-state index in [1.807, 2.05) is 0 Å². The Bertz CT molecular complexity index is 385. The van der Waals surface area contributed by atoms with Crippen LogP contribution in [0.4, 0.5) is 0 Å². The summed E-state index contributed by atoms with van der Waals surface area (Å²) in [5.74, 6) is 1.78. The molecule has 1 nitrogen and oxygen atoms in total. The highest BCUT2D eigenvalue weighted by Gasteiger charge is 2.29. The van der Waals surface area contributed by atoms with Crippen LogP contribution in [0.25, 0.3) is 0 Å². The van der Waals surface area contributed by atoms with Crippen LogP contribution in [0.2, 0.25) is 0 Å². The van der Waals surface area contributed by atoms with Crippen molar-refractivity contribution in [1.29, 1.82) is 0 Å². The van der Waals surface area contributed by atoms with Crippen molar-refractivity contribution in [2.24, 2.45) is 17.8 Å². The number of benzene rings is 1. The lowest BCUT2D eigenvalue weighted by molar-refractivity contribution is 0.0228. The molecule has 2 rings (SSSR count). The van der Waals surface area contributed by atoms with Crippen LogP contribution < -0.4 is 0 Å². The third-order valence-electron chi connectivity index (χ3n) is 4.03. The number of ether oxygens (including phenoxy) is 1. The lowest BCUT2D eigenvalue weighted by atomic mass is 9.84. The molecule has 1 saturated heterocycles. The van der Waals surface area contributed by atoms with Crippen molar-refractivity contribution in [3.63, 3.8) is 0 Å². The first-order chi connectivity index (χ1) is 9.08. The van der Waals surface area contributed by atoms with Crippen molar-refractivity contribution < 1.29 is 4.74 Å². The number of alkyl halides is 1. The molecule has 0 spiro atoms. The fourth-order valence-corrected chi connectivity index (χ4v) is 3.41. The van der Waals surface area contributed by atoms with Gasteiger partial charge in [0.2, 0.25) is 0 Å². The highest BCUT2D eigenvalue weighted by Crippen LogP contribution is 2.38. The number of halogens is 1. The van der Waals surface area contributed by atoms with Crippen molar-refractivity contribution in [3.05, 3.63) is 35.4 Å². The van der Waals surface area contributed by atoms with E-state index in [1.54, 1.807) is 0 Å². The third kappa shape index (κ3) is 3.97. The maximum absolute atomic E-state index is 6.68. The SMILES string of the molecule is CC(C)Cc1ccc(C(Cl)C2CCOCC2C)cc1. The van der Waals surface area contributed by atoms with Gasteiger partial charge in [0.1, 0.15) is 0 Å². The van der Waals surface area contributed by atoms with Crippen LogP contribution >= 0.6 is 11.6 Å². The highest BCUT2D eigenvalue weighted by molar-refractivity contribution is 6.21. The van der Waals surface area contributed by atoms with Crippen LogP contribution in [-0.2, 0) is 11.2 Å². The molecule has 0 N–H and O–H groups in total. The second-order valence-electron chi connectivity index (χ2n) is 6.25. The van der Waals surface area contributed by atoms with Crippen molar-refractivity contribution >= 4 is 11.6 Å². The van der Waals surface area contributed by atoms with Crippen LogP contribution in [0.3, 0.4) is 0 Å². The average molecular weight is 281 g/mol. The molecule has 3 atom stereocenters. The van der Waals surface area contributed by atoms with Gasteiger partial charge in [0.05, 0.1) is 5.38 Å². The summed E-state index contributed by atoms with van der Waals surface area (Å²) in [6.45, 7) is 8.44. The third-order valence-corrected chi connectivity index (χ3v) is 4.60. The van der Waals surface area contributed by atoms with Gasteiger partial charge in [0.15, 0.2) is 0 Å². The smallest absolute Gasteiger partial charge is 0.0617 e. The zero-order chi connectivity index (χ0) is 13.8. The number of rotatable bonds is 4. The van der Waals surface area contributed by atoms with Crippen LogP contribution in [0.5, 0.6) is 0 Å².